The van der Waals surface area contributed by atoms with Crippen LogP contribution in [0.4, 0.5) is 0 Å². The lowest BCUT2D eigenvalue weighted by atomic mass is 9.79. The average Bonchev–Trinajstić information content (AvgIpc) is 3.27. The van der Waals surface area contributed by atoms with Gasteiger partial charge in [0, 0.05) is 55.6 Å². The van der Waals surface area contributed by atoms with Gasteiger partial charge in [-0.2, -0.15) is 0 Å². The summed E-state index contributed by atoms with van der Waals surface area (Å²) in [4.78, 5) is 0. The molecular formula is C66H60. The fourth-order valence-electron chi connectivity index (χ4n) is 6.59. The van der Waals surface area contributed by atoms with E-state index >= 15 is 0 Å². The van der Waals surface area contributed by atoms with Gasteiger partial charge in [0.1, 0.15) is 0 Å². The normalized spacial score (nSPS) is 11.2. The summed E-state index contributed by atoms with van der Waals surface area (Å²) in [6.45, 7) is 27.0. The van der Waals surface area contributed by atoms with E-state index in [1.165, 1.54) is 22.3 Å². The highest BCUT2D eigenvalue weighted by Gasteiger charge is 2.21. The van der Waals surface area contributed by atoms with Crippen molar-refractivity contribution < 1.29 is 0 Å². The van der Waals surface area contributed by atoms with Gasteiger partial charge >= 0.3 is 0 Å². The summed E-state index contributed by atoms with van der Waals surface area (Å²) in [6, 6.07) is 45.7. The lowest BCUT2D eigenvalue weighted by Gasteiger charge is -2.25. The Labute approximate surface area is 397 Å². The van der Waals surface area contributed by atoms with Crippen molar-refractivity contribution in [3.8, 4) is 71.0 Å². The zero-order valence-corrected chi connectivity index (χ0v) is 40.9. The molecule has 0 aliphatic rings. The van der Waals surface area contributed by atoms with Crippen LogP contribution in [0.5, 0.6) is 0 Å². The average molecular weight is 853 g/mol. The first-order valence-corrected chi connectivity index (χ1v) is 22.7. The molecule has 6 aromatic rings. The molecule has 0 N–H and O–H groups in total. The summed E-state index contributed by atoms with van der Waals surface area (Å²) in [6.07, 6.45) is 3.54. The molecule has 6 aromatic carbocycles. The van der Waals surface area contributed by atoms with Crippen molar-refractivity contribution in [2.45, 2.75) is 105 Å². The van der Waals surface area contributed by atoms with Gasteiger partial charge in [0.15, 0.2) is 0 Å². The minimum atomic E-state index is 0.0561. The van der Waals surface area contributed by atoms with Crippen LogP contribution in [0.15, 0.2) is 146 Å². The van der Waals surface area contributed by atoms with E-state index < -0.39 is 0 Å². The second-order valence-corrected chi connectivity index (χ2v) is 20.8. The van der Waals surface area contributed by atoms with E-state index in [1.54, 1.807) is 12.2 Å². The summed E-state index contributed by atoms with van der Waals surface area (Å²) in [5, 5.41) is 0. The predicted octanol–water partition coefficient (Wildman–Crippen LogP) is 14.4. The van der Waals surface area contributed by atoms with Gasteiger partial charge in [-0.25, -0.2) is 0 Å². The largest absolute Gasteiger partial charge is 0.0689 e. The maximum absolute atomic E-state index is 3.41. The number of rotatable bonds is 0. The third kappa shape index (κ3) is 14.5. The molecule has 0 radical (unpaired) electrons. The summed E-state index contributed by atoms with van der Waals surface area (Å²) in [7, 11) is 0. The van der Waals surface area contributed by atoms with Crippen LogP contribution in [0, 0.1) is 71.0 Å². The van der Waals surface area contributed by atoms with Crippen LogP contribution in [0.25, 0.3) is 0 Å². The molecule has 0 aliphatic carbocycles. The molecule has 0 fully saturated rings. The Morgan fingerprint density at radius 1 is 0.227 bits per heavy atom. The molecule has 0 heterocycles. The van der Waals surface area contributed by atoms with Gasteiger partial charge in [0.05, 0.1) is 0 Å². The van der Waals surface area contributed by atoms with Gasteiger partial charge in [-0.15, -0.1) is 0 Å². The van der Waals surface area contributed by atoms with Crippen molar-refractivity contribution in [3.63, 3.8) is 0 Å². The summed E-state index contributed by atoms with van der Waals surface area (Å²) in [5.74, 6) is 39.1. The topological polar surface area (TPSA) is 0 Å². The van der Waals surface area contributed by atoms with Crippen LogP contribution >= 0.6 is 0 Å². The second-order valence-electron chi connectivity index (χ2n) is 20.8. The first kappa shape index (κ1) is 47.9. The summed E-state index contributed by atoms with van der Waals surface area (Å²) in [5.41, 5.74) is 15.0. The zero-order valence-electron chi connectivity index (χ0n) is 40.9. The lowest BCUT2D eigenvalue weighted by molar-refractivity contribution is 0.567. The van der Waals surface area contributed by atoms with Gasteiger partial charge in [0.25, 0.3) is 0 Å². The lowest BCUT2D eigenvalue weighted by Crippen LogP contribution is -2.16. The van der Waals surface area contributed by atoms with Crippen molar-refractivity contribution in [1.82, 2.24) is 0 Å². The van der Waals surface area contributed by atoms with Crippen molar-refractivity contribution >= 4 is 0 Å². The second kappa shape index (κ2) is 20.5. The highest BCUT2D eigenvalue weighted by Crippen LogP contribution is 2.31. The van der Waals surface area contributed by atoms with E-state index in [2.05, 4.69) is 191 Å². The third-order valence-electron chi connectivity index (χ3n) is 11.0. The Hall–Kier alpha value is -7.58. The van der Waals surface area contributed by atoms with Gasteiger partial charge in [-0.3, -0.25) is 0 Å². The quantitative estimate of drug-likeness (QED) is 0.134. The minimum absolute atomic E-state index is 0.0561. The standard InChI is InChI=1S/C66H60/c1-63(2,3)59-43-57(44-60(47-59)64(4,5)6)41-39-55-35-31-53(32-36-55)29-27-51-23-19-49(20-24-51)17-15-13-14-16-18-50-21-25-52(26-22-50)28-30-54-33-37-56(38-34-54)40-42-58-45-61(65(7,8)9)48-62(46-58)66(10,11)12/h13-14,19-26,31-38,43-48H,1-12H3/b14-13+. The number of hydrogen-bond acceptors (Lipinski definition) is 0. The highest BCUT2D eigenvalue weighted by molar-refractivity contribution is 5.53. The molecule has 66 heavy (non-hydrogen) atoms. The van der Waals surface area contributed by atoms with Crippen molar-refractivity contribution in [3.05, 3.63) is 224 Å². The Balaban J connectivity index is 0.989. The molecule has 0 saturated heterocycles. The Morgan fingerprint density at radius 3 is 0.576 bits per heavy atom. The van der Waals surface area contributed by atoms with Gasteiger partial charge < -0.3 is 0 Å². The maximum Gasteiger partial charge on any atom is 0.0254 e. The molecule has 0 saturated carbocycles. The molecule has 0 atom stereocenters. The summed E-state index contributed by atoms with van der Waals surface area (Å²) >= 11 is 0. The number of allylic oxidation sites excluding steroid dienone is 2. The predicted molar refractivity (Wildman–Crippen MR) is 280 cm³/mol. The molecule has 0 unspecified atom stereocenters. The van der Waals surface area contributed by atoms with Crippen molar-refractivity contribution in [2.75, 3.05) is 0 Å². The van der Waals surface area contributed by atoms with E-state index in [1.807, 2.05) is 97.1 Å². The van der Waals surface area contributed by atoms with Crippen molar-refractivity contribution in [1.29, 1.82) is 0 Å². The van der Waals surface area contributed by atoms with Gasteiger partial charge in [-0.1, -0.05) is 166 Å². The molecule has 6 rings (SSSR count). The summed E-state index contributed by atoms with van der Waals surface area (Å²) < 4.78 is 0. The molecule has 0 aromatic heterocycles. The van der Waals surface area contributed by atoms with E-state index in [9.17, 15) is 0 Å². The van der Waals surface area contributed by atoms with Gasteiger partial charge in [0.2, 0.25) is 0 Å². The van der Waals surface area contributed by atoms with E-state index in [0.29, 0.717) is 0 Å². The van der Waals surface area contributed by atoms with Gasteiger partial charge in [-0.05, 0) is 177 Å². The zero-order chi connectivity index (χ0) is 47.5. The van der Waals surface area contributed by atoms with Crippen LogP contribution in [0.3, 0.4) is 0 Å². The number of hydrogen-bond donors (Lipinski definition) is 0. The molecule has 0 aliphatic heterocycles. The minimum Gasteiger partial charge on any atom is -0.0689 e. The fraction of sp³-hybridized carbons (Fsp3) is 0.242. The van der Waals surface area contributed by atoms with Crippen LogP contribution in [-0.4, -0.2) is 0 Å². The fourth-order valence-corrected chi connectivity index (χ4v) is 6.59. The molecule has 0 amide bonds. The Kier molecular flexibility index (Phi) is 14.9. The molecule has 324 valence electrons. The maximum atomic E-state index is 3.41. The molecule has 0 bridgehead atoms. The first-order valence-electron chi connectivity index (χ1n) is 22.7. The van der Waals surface area contributed by atoms with E-state index in [4.69, 9.17) is 0 Å². The van der Waals surface area contributed by atoms with Crippen LogP contribution in [0.2, 0.25) is 0 Å². The molecule has 0 heteroatoms. The Morgan fingerprint density at radius 2 is 0.394 bits per heavy atom. The third-order valence-corrected chi connectivity index (χ3v) is 11.0. The molecule has 0 nitrogen and oxygen atoms in total. The van der Waals surface area contributed by atoms with Crippen LogP contribution in [-0.2, 0) is 21.7 Å². The van der Waals surface area contributed by atoms with E-state index in [-0.39, 0.29) is 21.7 Å². The molecular weight excluding hydrogens is 793 g/mol. The SMILES string of the molecule is CC(C)(C)c1cc(C#Cc2ccc(C#Cc3ccc(C#C/C=C/C#Cc4ccc(C#Cc5ccc(C#Cc6cc(C(C)(C)C)cc(C(C)(C)C)c6)cc5)cc4)cc3)cc2)cc(C(C)(C)C)c1. The Bertz CT molecular complexity index is 2830. The monoisotopic (exact) mass is 852 g/mol. The van der Waals surface area contributed by atoms with E-state index in [0.717, 1.165) is 55.6 Å². The van der Waals surface area contributed by atoms with Crippen LogP contribution < -0.4 is 0 Å². The smallest absolute Gasteiger partial charge is 0.0254 e. The molecule has 0 spiro atoms. The van der Waals surface area contributed by atoms with Crippen LogP contribution in [0.1, 0.15) is 161 Å². The highest BCUT2D eigenvalue weighted by atomic mass is 14.3. The van der Waals surface area contributed by atoms with Crippen molar-refractivity contribution in [2.24, 2.45) is 0 Å². The first-order chi connectivity index (χ1) is 31.2. The number of benzene rings is 6.